The van der Waals surface area contributed by atoms with Crippen molar-refractivity contribution in [3.05, 3.63) is 29.8 Å². The number of hydrogen-bond donors (Lipinski definition) is 2. The Bertz CT molecular complexity index is 586. The number of benzene rings is 1. The maximum absolute atomic E-state index is 12.1. The molecule has 1 aliphatic rings. The van der Waals surface area contributed by atoms with Gasteiger partial charge in [-0.3, -0.25) is 9.59 Å². The van der Waals surface area contributed by atoms with Gasteiger partial charge in [-0.25, -0.2) is 0 Å². The fraction of sp³-hybridized carbons (Fsp3) is 0.579. The van der Waals surface area contributed by atoms with E-state index >= 15 is 0 Å². The number of carbonyl (C=O) groups excluding carboxylic acids is 2. The van der Waals surface area contributed by atoms with E-state index in [0.717, 1.165) is 31.6 Å². The summed E-state index contributed by atoms with van der Waals surface area (Å²) in [7, 11) is 0. The Balaban J connectivity index is 1.79. The maximum atomic E-state index is 12.1. The van der Waals surface area contributed by atoms with Crippen molar-refractivity contribution in [1.29, 1.82) is 0 Å². The highest BCUT2D eigenvalue weighted by Gasteiger charge is 2.29. The monoisotopic (exact) mass is 347 g/mol. The molecule has 0 bridgehead atoms. The smallest absolute Gasteiger partial charge is 0.255 e. The number of piperidine rings is 1. The van der Waals surface area contributed by atoms with Crippen LogP contribution in [0, 0.1) is 11.8 Å². The second-order valence-electron chi connectivity index (χ2n) is 7.09. The number of nitrogens with one attached hydrogen (secondary N) is 1. The van der Waals surface area contributed by atoms with Crippen LogP contribution in [0.3, 0.4) is 0 Å². The Kier molecular flexibility index (Phi) is 6.82. The fourth-order valence-corrected chi connectivity index (χ4v) is 3.12. The van der Waals surface area contributed by atoms with Crippen molar-refractivity contribution in [3.8, 4) is 5.75 Å². The molecule has 1 aromatic rings. The highest BCUT2D eigenvalue weighted by atomic mass is 16.5. The van der Waals surface area contributed by atoms with Crippen LogP contribution in [-0.2, 0) is 16.1 Å². The molecule has 0 aliphatic carbocycles. The molecule has 6 nitrogen and oxygen atoms in total. The molecule has 1 aliphatic heterocycles. The largest absolute Gasteiger partial charge is 0.484 e. The van der Waals surface area contributed by atoms with E-state index < -0.39 is 5.91 Å². The molecule has 0 saturated carbocycles. The summed E-state index contributed by atoms with van der Waals surface area (Å²) in [5.41, 5.74) is 6.21. The molecule has 0 aromatic heterocycles. The number of nitrogens with two attached hydrogens (primary N) is 1. The lowest BCUT2D eigenvalue weighted by Crippen LogP contribution is -2.50. The number of nitrogens with zero attached hydrogens (tertiary/aromatic N) is 1. The summed E-state index contributed by atoms with van der Waals surface area (Å²) in [5.74, 6) is 0.886. The summed E-state index contributed by atoms with van der Waals surface area (Å²) in [5, 5.41) is 3.59. The van der Waals surface area contributed by atoms with Crippen molar-refractivity contribution in [2.24, 2.45) is 17.6 Å². The Morgan fingerprint density at radius 1 is 1.32 bits per heavy atom. The summed E-state index contributed by atoms with van der Waals surface area (Å²) in [6, 6.07) is 8.04. The predicted octanol–water partition coefficient (Wildman–Crippen LogP) is 1.53. The van der Waals surface area contributed by atoms with Gasteiger partial charge in [0.25, 0.3) is 5.91 Å². The molecule has 1 fully saturated rings. The lowest BCUT2D eigenvalue weighted by atomic mass is 9.93. The van der Waals surface area contributed by atoms with E-state index in [1.807, 2.05) is 43.0 Å². The SMILES string of the molecule is CC(C)C(=O)N1CCC(NCc2ccc(OCC(N)=O)cc2)C(C)C1. The first-order valence-corrected chi connectivity index (χ1v) is 8.89. The maximum Gasteiger partial charge on any atom is 0.255 e. The summed E-state index contributed by atoms with van der Waals surface area (Å²) in [6.07, 6.45) is 0.972. The first-order chi connectivity index (χ1) is 11.9. The van der Waals surface area contributed by atoms with Gasteiger partial charge < -0.3 is 20.7 Å². The van der Waals surface area contributed by atoms with Gasteiger partial charge in [0.15, 0.2) is 6.61 Å². The zero-order chi connectivity index (χ0) is 18.4. The van der Waals surface area contributed by atoms with Gasteiger partial charge in [-0.1, -0.05) is 32.9 Å². The second-order valence-corrected chi connectivity index (χ2v) is 7.09. The molecular weight excluding hydrogens is 318 g/mol. The van der Waals surface area contributed by atoms with Gasteiger partial charge in [0.1, 0.15) is 5.75 Å². The van der Waals surface area contributed by atoms with Crippen molar-refractivity contribution in [2.45, 2.75) is 39.8 Å². The molecule has 3 N–H and O–H groups in total. The van der Waals surface area contributed by atoms with E-state index in [1.165, 1.54) is 0 Å². The summed E-state index contributed by atoms with van der Waals surface area (Å²) < 4.78 is 5.26. The molecule has 0 spiro atoms. The number of carbonyl (C=O) groups is 2. The zero-order valence-corrected chi connectivity index (χ0v) is 15.3. The molecule has 25 heavy (non-hydrogen) atoms. The van der Waals surface area contributed by atoms with Crippen LogP contribution in [0.15, 0.2) is 24.3 Å². The quantitative estimate of drug-likeness (QED) is 0.783. The topological polar surface area (TPSA) is 84.7 Å². The van der Waals surface area contributed by atoms with E-state index in [0.29, 0.717) is 17.7 Å². The summed E-state index contributed by atoms with van der Waals surface area (Å²) in [4.78, 5) is 24.8. The molecule has 6 heteroatoms. The number of ether oxygens (including phenoxy) is 1. The molecule has 2 unspecified atom stereocenters. The highest BCUT2D eigenvalue weighted by molar-refractivity contribution is 5.78. The summed E-state index contributed by atoms with van der Waals surface area (Å²) in [6.45, 7) is 8.39. The van der Waals surface area contributed by atoms with Crippen molar-refractivity contribution in [3.63, 3.8) is 0 Å². The Labute approximate surface area is 149 Å². The molecule has 2 amide bonds. The molecule has 1 aromatic carbocycles. The van der Waals surface area contributed by atoms with Gasteiger partial charge in [-0.2, -0.15) is 0 Å². The van der Waals surface area contributed by atoms with Crippen LogP contribution in [0.5, 0.6) is 5.75 Å². The fourth-order valence-electron chi connectivity index (χ4n) is 3.12. The van der Waals surface area contributed by atoms with Crippen LogP contribution in [0.1, 0.15) is 32.8 Å². The number of likely N-dealkylation sites (tertiary alicyclic amines) is 1. The first-order valence-electron chi connectivity index (χ1n) is 8.89. The van der Waals surface area contributed by atoms with Gasteiger partial charge in [0.2, 0.25) is 5.91 Å². The van der Waals surface area contributed by atoms with E-state index in [-0.39, 0.29) is 18.4 Å². The molecular formula is C19H29N3O3. The number of hydrogen-bond acceptors (Lipinski definition) is 4. The van der Waals surface area contributed by atoms with Crippen molar-refractivity contribution in [2.75, 3.05) is 19.7 Å². The van der Waals surface area contributed by atoms with Crippen LogP contribution in [0.4, 0.5) is 0 Å². The third-order valence-corrected chi connectivity index (χ3v) is 4.58. The number of amides is 2. The molecule has 2 atom stereocenters. The van der Waals surface area contributed by atoms with Crippen molar-refractivity contribution < 1.29 is 14.3 Å². The average Bonchev–Trinajstić information content (AvgIpc) is 2.59. The van der Waals surface area contributed by atoms with Gasteiger partial charge in [-0.15, -0.1) is 0 Å². The predicted molar refractivity (Wildman–Crippen MR) is 97.0 cm³/mol. The highest BCUT2D eigenvalue weighted by Crippen LogP contribution is 2.19. The van der Waals surface area contributed by atoms with E-state index in [1.54, 1.807) is 0 Å². The molecule has 0 radical (unpaired) electrons. The minimum atomic E-state index is -0.484. The van der Waals surface area contributed by atoms with Crippen LogP contribution >= 0.6 is 0 Å². The second kappa shape index (κ2) is 8.85. The van der Waals surface area contributed by atoms with E-state index in [9.17, 15) is 9.59 Å². The van der Waals surface area contributed by atoms with E-state index in [4.69, 9.17) is 10.5 Å². The third-order valence-electron chi connectivity index (χ3n) is 4.58. The lowest BCUT2D eigenvalue weighted by Gasteiger charge is -2.38. The molecule has 2 rings (SSSR count). The van der Waals surface area contributed by atoms with Gasteiger partial charge in [-0.05, 0) is 30.0 Å². The van der Waals surface area contributed by atoms with Gasteiger partial charge >= 0.3 is 0 Å². The van der Waals surface area contributed by atoms with Crippen molar-refractivity contribution in [1.82, 2.24) is 10.2 Å². The van der Waals surface area contributed by atoms with Crippen LogP contribution in [-0.4, -0.2) is 42.5 Å². The lowest BCUT2D eigenvalue weighted by molar-refractivity contribution is -0.136. The van der Waals surface area contributed by atoms with E-state index in [2.05, 4.69) is 12.2 Å². The Hall–Kier alpha value is -2.08. The molecule has 1 heterocycles. The zero-order valence-electron chi connectivity index (χ0n) is 15.3. The minimum absolute atomic E-state index is 0.0620. The van der Waals surface area contributed by atoms with Crippen LogP contribution < -0.4 is 15.8 Å². The van der Waals surface area contributed by atoms with Crippen molar-refractivity contribution >= 4 is 11.8 Å². The normalized spacial score (nSPS) is 20.6. The van der Waals surface area contributed by atoms with Gasteiger partial charge in [0, 0.05) is 31.6 Å². The van der Waals surface area contributed by atoms with Gasteiger partial charge in [0.05, 0.1) is 0 Å². The van der Waals surface area contributed by atoms with Crippen LogP contribution in [0.25, 0.3) is 0 Å². The number of rotatable bonds is 7. The van der Waals surface area contributed by atoms with Crippen LogP contribution in [0.2, 0.25) is 0 Å². The third kappa shape index (κ3) is 5.74. The molecule has 138 valence electrons. The Morgan fingerprint density at radius 3 is 2.56 bits per heavy atom. The Morgan fingerprint density at radius 2 is 2.00 bits per heavy atom. The average molecular weight is 347 g/mol. The standard InChI is InChI=1S/C19H29N3O3/c1-13(2)19(24)22-9-8-17(14(3)11-22)21-10-15-4-6-16(7-5-15)25-12-18(20)23/h4-7,13-14,17,21H,8-12H2,1-3H3,(H2,20,23). The molecule has 1 saturated heterocycles. The summed E-state index contributed by atoms with van der Waals surface area (Å²) >= 11 is 0. The minimum Gasteiger partial charge on any atom is -0.484 e. The first kappa shape index (κ1) is 19.2. The number of primary amides is 1.